The second kappa shape index (κ2) is 7.59. The van der Waals surface area contributed by atoms with Gasteiger partial charge >= 0.3 is 0 Å². The molecule has 1 rings (SSSR count). The molecule has 0 unspecified atom stereocenters. The summed E-state index contributed by atoms with van der Waals surface area (Å²) in [5.74, 6) is -0.302. The van der Waals surface area contributed by atoms with Crippen molar-refractivity contribution in [2.75, 3.05) is 10.6 Å². The fraction of sp³-hybridized carbons (Fsp3) is 0.650. The van der Waals surface area contributed by atoms with Crippen molar-refractivity contribution in [3.8, 4) is 0 Å². The van der Waals surface area contributed by atoms with Gasteiger partial charge in [-0.05, 0) is 69.7 Å². The Labute approximate surface area is 159 Å². The van der Waals surface area contributed by atoms with Gasteiger partial charge in [-0.25, -0.2) is 8.42 Å². The quantitative estimate of drug-likeness (QED) is 0.814. The molecule has 0 aliphatic rings. The first-order chi connectivity index (χ1) is 11.5. The lowest BCUT2D eigenvalue weighted by atomic mass is 9.81. The van der Waals surface area contributed by atoms with Crippen molar-refractivity contribution in [3.63, 3.8) is 0 Å². The lowest BCUT2D eigenvalue weighted by Gasteiger charge is -2.36. The van der Waals surface area contributed by atoms with Crippen LogP contribution in [-0.2, 0) is 14.8 Å². The van der Waals surface area contributed by atoms with Crippen LogP contribution in [0.15, 0.2) is 18.2 Å². The topological polar surface area (TPSA) is 66.5 Å². The van der Waals surface area contributed by atoms with E-state index in [1.807, 2.05) is 33.8 Å². The lowest BCUT2D eigenvalue weighted by molar-refractivity contribution is -0.123. The van der Waals surface area contributed by atoms with Crippen LogP contribution in [0.3, 0.4) is 0 Å². The van der Waals surface area contributed by atoms with Gasteiger partial charge in [0, 0.05) is 5.54 Å². The van der Waals surface area contributed by atoms with Gasteiger partial charge in [-0.2, -0.15) is 0 Å². The number of nitrogens with one attached hydrogen (secondary N) is 1. The molecule has 0 aromatic heterocycles. The SMILES string of the molecule is Cc1cc(C)cc(N([C@@H](C)C(=O)NC(C)(C)CC(C)(C)C)S(C)(=O)=O)c1. The van der Waals surface area contributed by atoms with Crippen molar-refractivity contribution in [2.24, 2.45) is 5.41 Å². The fourth-order valence-electron chi connectivity index (χ4n) is 3.69. The number of amides is 1. The number of carbonyl (C=O) groups is 1. The molecule has 148 valence electrons. The minimum atomic E-state index is -3.61. The minimum Gasteiger partial charge on any atom is -0.349 e. The van der Waals surface area contributed by atoms with Gasteiger partial charge in [0.05, 0.1) is 11.9 Å². The maximum absolute atomic E-state index is 12.9. The third-order valence-electron chi connectivity index (χ3n) is 3.98. The Balaban J connectivity index is 3.18. The summed E-state index contributed by atoms with van der Waals surface area (Å²) in [5, 5.41) is 3.02. The van der Waals surface area contributed by atoms with Gasteiger partial charge < -0.3 is 5.32 Å². The van der Waals surface area contributed by atoms with Crippen molar-refractivity contribution in [3.05, 3.63) is 29.3 Å². The maximum Gasteiger partial charge on any atom is 0.244 e. The molecule has 1 N–H and O–H groups in total. The average Bonchev–Trinajstić information content (AvgIpc) is 2.31. The van der Waals surface area contributed by atoms with Crippen molar-refractivity contribution in [1.82, 2.24) is 5.32 Å². The highest BCUT2D eigenvalue weighted by Gasteiger charge is 2.33. The van der Waals surface area contributed by atoms with Gasteiger partial charge in [-0.1, -0.05) is 26.8 Å². The predicted molar refractivity (Wildman–Crippen MR) is 109 cm³/mol. The second-order valence-electron chi connectivity index (χ2n) is 9.19. The Morgan fingerprint density at radius 3 is 1.92 bits per heavy atom. The lowest BCUT2D eigenvalue weighted by Crippen LogP contribution is -2.54. The monoisotopic (exact) mass is 382 g/mol. The zero-order chi connectivity index (χ0) is 20.5. The summed E-state index contributed by atoms with van der Waals surface area (Å²) in [6, 6.07) is 4.71. The first-order valence-corrected chi connectivity index (χ1v) is 10.8. The molecule has 0 radical (unpaired) electrons. The Kier molecular flexibility index (Phi) is 6.56. The number of nitrogens with zero attached hydrogens (tertiary/aromatic N) is 1. The molecule has 5 nitrogen and oxygen atoms in total. The van der Waals surface area contributed by atoms with Crippen molar-refractivity contribution < 1.29 is 13.2 Å². The van der Waals surface area contributed by atoms with Crippen LogP contribution >= 0.6 is 0 Å². The molecule has 1 aromatic rings. The number of hydrogen-bond acceptors (Lipinski definition) is 3. The van der Waals surface area contributed by atoms with Gasteiger partial charge in [-0.15, -0.1) is 0 Å². The molecule has 1 amide bonds. The van der Waals surface area contributed by atoms with Crippen LogP contribution in [0.4, 0.5) is 5.69 Å². The largest absolute Gasteiger partial charge is 0.349 e. The van der Waals surface area contributed by atoms with E-state index in [2.05, 4.69) is 26.1 Å². The molecule has 0 aliphatic heterocycles. The highest BCUT2D eigenvalue weighted by Crippen LogP contribution is 2.28. The van der Waals surface area contributed by atoms with Gasteiger partial charge in [0.15, 0.2) is 0 Å². The highest BCUT2D eigenvalue weighted by molar-refractivity contribution is 7.92. The molecule has 0 saturated carbocycles. The molecule has 0 fully saturated rings. The summed E-state index contributed by atoms with van der Waals surface area (Å²) in [7, 11) is -3.61. The normalized spacial score (nSPS) is 14.0. The third-order valence-corrected chi connectivity index (χ3v) is 5.22. The third kappa shape index (κ3) is 6.63. The zero-order valence-electron chi connectivity index (χ0n) is 17.6. The zero-order valence-corrected chi connectivity index (χ0v) is 18.4. The molecular formula is C20H34N2O3S. The van der Waals surface area contributed by atoms with E-state index in [0.29, 0.717) is 5.69 Å². The van der Waals surface area contributed by atoms with Crippen LogP contribution in [0.1, 0.15) is 59.1 Å². The molecule has 1 atom stereocenters. The predicted octanol–water partition coefficient (Wildman–Crippen LogP) is 3.79. The van der Waals surface area contributed by atoms with Gasteiger partial charge in [0.1, 0.15) is 6.04 Å². The molecule has 1 aromatic carbocycles. The number of rotatable bonds is 6. The first kappa shape index (κ1) is 22.5. The van der Waals surface area contributed by atoms with E-state index in [-0.39, 0.29) is 11.3 Å². The smallest absolute Gasteiger partial charge is 0.244 e. The summed E-state index contributed by atoms with van der Waals surface area (Å²) in [5.41, 5.74) is 2.03. The van der Waals surface area contributed by atoms with Crippen molar-refractivity contribution in [2.45, 2.75) is 73.4 Å². The number of hydrogen-bond donors (Lipinski definition) is 1. The standard InChI is InChI=1S/C20H34N2O3S/c1-14-10-15(2)12-17(11-14)22(26(9,24)25)16(3)18(23)21-20(7,8)13-19(4,5)6/h10-12,16H,13H2,1-9H3,(H,21,23)/t16-/m0/s1. The number of anilines is 1. The van der Waals surface area contributed by atoms with E-state index in [1.165, 1.54) is 4.31 Å². The number of aryl methyl sites for hydroxylation is 2. The van der Waals surface area contributed by atoms with Crippen LogP contribution in [-0.4, -0.2) is 32.2 Å². The number of benzene rings is 1. The number of sulfonamides is 1. The van der Waals surface area contributed by atoms with Crippen molar-refractivity contribution >= 4 is 21.6 Å². The van der Waals surface area contributed by atoms with Crippen LogP contribution < -0.4 is 9.62 Å². The van der Waals surface area contributed by atoms with E-state index in [4.69, 9.17) is 0 Å². The molecule has 6 heteroatoms. The maximum atomic E-state index is 12.9. The van der Waals surface area contributed by atoms with Crippen LogP contribution in [0.25, 0.3) is 0 Å². The second-order valence-corrected chi connectivity index (χ2v) is 11.1. The molecule has 0 saturated heterocycles. The fourth-order valence-corrected chi connectivity index (χ4v) is 4.85. The first-order valence-electron chi connectivity index (χ1n) is 8.92. The Bertz CT molecular complexity index is 742. The van der Waals surface area contributed by atoms with E-state index in [9.17, 15) is 13.2 Å². The van der Waals surface area contributed by atoms with Crippen LogP contribution in [0.5, 0.6) is 0 Å². The number of carbonyl (C=O) groups excluding carboxylic acids is 1. The van der Waals surface area contributed by atoms with E-state index < -0.39 is 21.6 Å². The summed E-state index contributed by atoms with van der Waals surface area (Å²) < 4.78 is 26.1. The molecule has 26 heavy (non-hydrogen) atoms. The molecule has 0 aliphatic carbocycles. The summed E-state index contributed by atoms with van der Waals surface area (Å²) >= 11 is 0. The van der Waals surface area contributed by atoms with Crippen LogP contribution in [0.2, 0.25) is 0 Å². The summed E-state index contributed by atoms with van der Waals surface area (Å²) in [4.78, 5) is 12.9. The summed E-state index contributed by atoms with van der Waals surface area (Å²) in [6.07, 6.45) is 1.91. The molecule has 0 heterocycles. The summed E-state index contributed by atoms with van der Waals surface area (Å²) in [6.45, 7) is 15.7. The molecule has 0 bridgehead atoms. The highest BCUT2D eigenvalue weighted by atomic mass is 32.2. The van der Waals surface area contributed by atoms with E-state index in [0.717, 1.165) is 23.8 Å². The van der Waals surface area contributed by atoms with Crippen molar-refractivity contribution in [1.29, 1.82) is 0 Å². The van der Waals surface area contributed by atoms with Crippen LogP contribution in [0, 0.1) is 19.3 Å². The van der Waals surface area contributed by atoms with Gasteiger partial charge in [0.2, 0.25) is 15.9 Å². The molecule has 0 spiro atoms. The van der Waals surface area contributed by atoms with Gasteiger partial charge in [0.25, 0.3) is 0 Å². The molecular weight excluding hydrogens is 348 g/mol. The minimum absolute atomic E-state index is 0.0458. The van der Waals surface area contributed by atoms with E-state index in [1.54, 1.807) is 19.1 Å². The van der Waals surface area contributed by atoms with Gasteiger partial charge in [-0.3, -0.25) is 9.10 Å². The van der Waals surface area contributed by atoms with E-state index >= 15 is 0 Å². The Hall–Kier alpha value is -1.56. The Morgan fingerprint density at radius 1 is 1.08 bits per heavy atom. The Morgan fingerprint density at radius 2 is 1.54 bits per heavy atom. The average molecular weight is 383 g/mol.